The van der Waals surface area contributed by atoms with Crippen LogP contribution < -0.4 is 13.9 Å². The summed E-state index contributed by atoms with van der Waals surface area (Å²) in [5, 5.41) is 0.267. The average molecular weight is 367 g/mol. The molecule has 0 aromatic heterocycles. The van der Waals surface area contributed by atoms with Crippen LogP contribution in [0.25, 0.3) is 0 Å². The Morgan fingerprint density at radius 1 is 1.12 bits per heavy atom. The van der Waals surface area contributed by atoms with Gasteiger partial charge in [0.05, 0.1) is 18.5 Å². The van der Waals surface area contributed by atoms with Gasteiger partial charge in [0.15, 0.2) is 0 Å². The van der Waals surface area contributed by atoms with E-state index in [2.05, 4.69) is 0 Å². The van der Waals surface area contributed by atoms with Crippen molar-refractivity contribution in [3.63, 3.8) is 0 Å². The second-order valence-electron chi connectivity index (χ2n) is 5.25. The molecule has 1 amide bonds. The van der Waals surface area contributed by atoms with Crippen LogP contribution in [-0.4, -0.2) is 35.0 Å². The molecule has 1 aliphatic rings. The Labute approximate surface area is 145 Å². The summed E-state index contributed by atoms with van der Waals surface area (Å²) < 4.78 is 32.5. The van der Waals surface area contributed by atoms with Gasteiger partial charge in [0.1, 0.15) is 17.2 Å². The van der Waals surface area contributed by atoms with E-state index in [-0.39, 0.29) is 28.1 Å². The number of amides is 1. The molecule has 0 saturated carbocycles. The number of sulfonamides is 1. The molecule has 0 N–H and O–H groups in total. The van der Waals surface area contributed by atoms with Gasteiger partial charge in [-0.15, -0.1) is 0 Å². The highest BCUT2D eigenvalue weighted by Crippen LogP contribution is 2.38. The Morgan fingerprint density at radius 3 is 2.46 bits per heavy atom. The van der Waals surface area contributed by atoms with Gasteiger partial charge in [-0.05, 0) is 30.3 Å². The van der Waals surface area contributed by atoms with Crippen molar-refractivity contribution < 1.29 is 17.9 Å². The van der Waals surface area contributed by atoms with Gasteiger partial charge in [-0.1, -0.05) is 23.7 Å². The predicted octanol–water partition coefficient (Wildman–Crippen LogP) is 2.52. The minimum absolute atomic E-state index is 0.0790. The van der Waals surface area contributed by atoms with Crippen LogP contribution in [0.2, 0.25) is 5.02 Å². The highest BCUT2D eigenvalue weighted by Gasteiger charge is 2.36. The number of nitrogens with zero attached hydrogens (tertiary/aromatic N) is 2. The molecule has 0 radical (unpaired) electrons. The number of rotatable bonds is 3. The zero-order valence-electron chi connectivity index (χ0n) is 13.1. The highest BCUT2D eigenvalue weighted by atomic mass is 35.5. The smallest absolute Gasteiger partial charge is 0.268 e. The number of ether oxygens (including phenoxy) is 1. The largest absolute Gasteiger partial charge is 0.495 e. The van der Waals surface area contributed by atoms with Gasteiger partial charge in [-0.3, -0.25) is 9.10 Å². The third-order valence-corrected chi connectivity index (χ3v) is 5.87. The van der Waals surface area contributed by atoms with Crippen LogP contribution in [0.15, 0.2) is 47.4 Å². The van der Waals surface area contributed by atoms with E-state index in [1.165, 1.54) is 24.1 Å². The van der Waals surface area contributed by atoms with Crippen molar-refractivity contribution in [1.29, 1.82) is 0 Å². The van der Waals surface area contributed by atoms with Gasteiger partial charge in [0.2, 0.25) is 5.91 Å². The van der Waals surface area contributed by atoms with Crippen molar-refractivity contribution in [2.24, 2.45) is 0 Å². The fourth-order valence-electron chi connectivity index (χ4n) is 2.59. The first-order valence-electron chi connectivity index (χ1n) is 7.08. The van der Waals surface area contributed by atoms with E-state index in [9.17, 15) is 13.2 Å². The molecule has 0 aliphatic carbocycles. The molecule has 2 aromatic carbocycles. The first kappa shape index (κ1) is 16.6. The maximum absolute atomic E-state index is 13.2. The molecule has 0 fully saturated rings. The Morgan fingerprint density at radius 2 is 1.79 bits per heavy atom. The molecule has 0 bridgehead atoms. The molecule has 2 aromatic rings. The van der Waals surface area contributed by atoms with Crippen LogP contribution in [0.1, 0.15) is 0 Å². The van der Waals surface area contributed by atoms with Crippen LogP contribution in [0.4, 0.5) is 11.4 Å². The minimum Gasteiger partial charge on any atom is -0.495 e. The molecule has 1 aliphatic heterocycles. The third-order valence-electron chi connectivity index (χ3n) is 3.86. The van der Waals surface area contributed by atoms with Crippen molar-refractivity contribution in [2.45, 2.75) is 4.90 Å². The summed E-state index contributed by atoms with van der Waals surface area (Å²) in [6.07, 6.45) is 0. The number of hydrogen-bond donors (Lipinski definition) is 0. The second kappa shape index (κ2) is 5.99. The van der Waals surface area contributed by atoms with Gasteiger partial charge in [0, 0.05) is 12.1 Å². The summed E-state index contributed by atoms with van der Waals surface area (Å²) in [4.78, 5) is 13.6. The topological polar surface area (TPSA) is 66.9 Å². The first-order chi connectivity index (χ1) is 11.4. The zero-order chi connectivity index (χ0) is 17.5. The van der Waals surface area contributed by atoms with E-state index in [4.69, 9.17) is 16.3 Å². The molecular weight excluding hydrogens is 352 g/mol. The average Bonchev–Trinajstić information content (AvgIpc) is 2.58. The molecule has 0 atom stereocenters. The molecule has 3 rings (SSSR count). The number of benzene rings is 2. The van der Waals surface area contributed by atoms with Crippen molar-refractivity contribution >= 4 is 38.9 Å². The number of hydrogen-bond acceptors (Lipinski definition) is 4. The second-order valence-corrected chi connectivity index (χ2v) is 7.52. The third kappa shape index (κ3) is 2.59. The van der Waals surface area contributed by atoms with Gasteiger partial charge in [-0.2, -0.15) is 0 Å². The number of carbonyl (C=O) groups is 1. The molecule has 1 heterocycles. The molecule has 126 valence electrons. The summed E-state index contributed by atoms with van der Waals surface area (Å²) in [5.41, 5.74) is 0.958. The summed E-state index contributed by atoms with van der Waals surface area (Å²) in [6, 6.07) is 11.2. The minimum atomic E-state index is -4.02. The molecule has 6 nitrogen and oxygen atoms in total. The lowest BCUT2D eigenvalue weighted by molar-refractivity contribution is -0.117. The van der Waals surface area contributed by atoms with E-state index in [0.29, 0.717) is 11.4 Å². The van der Waals surface area contributed by atoms with Crippen LogP contribution >= 0.6 is 11.6 Å². The summed E-state index contributed by atoms with van der Waals surface area (Å²) >= 11 is 5.96. The normalized spacial score (nSPS) is 14.5. The zero-order valence-corrected chi connectivity index (χ0v) is 14.6. The van der Waals surface area contributed by atoms with E-state index in [1.54, 1.807) is 37.4 Å². The maximum atomic E-state index is 13.2. The molecule has 0 spiro atoms. The number of para-hydroxylation sites is 2. The standard InChI is InChI=1S/C16H15ClN2O4S/c1-18-12-5-3-4-6-13(12)19(10-16(18)20)24(21,22)15-9-11(17)7-8-14(15)23-2/h3-9H,10H2,1-2H3. The highest BCUT2D eigenvalue weighted by molar-refractivity contribution is 7.93. The molecule has 0 unspecified atom stereocenters. The van der Waals surface area contributed by atoms with Crippen molar-refractivity contribution in [3.05, 3.63) is 47.5 Å². The van der Waals surface area contributed by atoms with Gasteiger partial charge >= 0.3 is 0 Å². The number of halogens is 1. The van der Waals surface area contributed by atoms with E-state index < -0.39 is 10.0 Å². The van der Waals surface area contributed by atoms with Crippen molar-refractivity contribution in [2.75, 3.05) is 29.9 Å². The summed E-state index contributed by atoms with van der Waals surface area (Å²) in [6.45, 7) is -0.286. The van der Waals surface area contributed by atoms with Crippen LogP contribution in [0.5, 0.6) is 5.75 Å². The monoisotopic (exact) mass is 366 g/mol. The Balaban J connectivity index is 2.20. The first-order valence-corrected chi connectivity index (χ1v) is 8.90. The Bertz CT molecular complexity index is 914. The summed E-state index contributed by atoms with van der Waals surface area (Å²) in [5.74, 6) is -0.151. The molecule has 8 heteroatoms. The number of carbonyl (C=O) groups excluding carboxylic acids is 1. The Kier molecular flexibility index (Phi) is 4.15. The number of anilines is 2. The fourth-order valence-corrected chi connectivity index (χ4v) is 4.44. The fraction of sp³-hybridized carbons (Fsp3) is 0.188. The van der Waals surface area contributed by atoms with Crippen LogP contribution in [0.3, 0.4) is 0 Å². The number of fused-ring (bicyclic) bond motifs is 1. The molecule has 0 saturated heterocycles. The lowest BCUT2D eigenvalue weighted by atomic mass is 10.2. The lowest BCUT2D eigenvalue weighted by Gasteiger charge is -2.34. The van der Waals surface area contributed by atoms with E-state index in [0.717, 1.165) is 4.31 Å². The molecule has 24 heavy (non-hydrogen) atoms. The summed E-state index contributed by atoms with van der Waals surface area (Å²) in [7, 11) is -1.02. The van der Waals surface area contributed by atoms with Gasteiger partial charge in [-0.25, -0.2) is 8.42 Å². The lowest BCUT2D eigenvalue weighted by Crippen LogP contribution is -2.46. The molecular formula is C16H15ClN2O4S. The quantitative estimate of drug-likeness (QED) is 0.837. The van der Waals surface area contributed by atoms with E-state index in [1.807, 2.05) is 0 Å². The number of methoxy groups -OCH3 is 1. The van der Waals surface area contributed by atoms with Crippen molar-refractivity contribution in [1.82, 2.24) is 0 Å². The number of likely N-dealkylation sites (N-methyl/N-ethyl adjacent to an activating group) is 1. The van der Waals surface area contributed by atoms with Crippen LogP contribution in [-0.2, 0) is 14.8 Å². The van der Waals surface area contributed by atoms with Crippen molar-refractivity contribution in [3.8, 4) is 5.75 Å². The maximum Gasteiger partial charge on any atom is 0.268 e. The van der Waals surface area contributed by atoms with E-state index >= 15 is 0 Å². The van der Waals surface area contributed by atoms with Gasteiger partial charge in [0.25, 0.3) is 10.0 Å². The SMILES string of the molecule is COc1ccc(Cl)cc1S(=O)(=O)N1CC(=O)N(C)c2ccccc21. The predicted molar refractivity (Wildman–Crippen MR) is 92.4 cm³/mol. The Hall–Kier alpha value is -2.25. The van der Waals surface area contributed by atoms with Gasteiger partial charge < -0.3 is 9.64 Å². The van der Waals surface area contributed by atoms with Crippen LogP contribution in [0, 0.1) is 0 Å².